The van der Waals surface area contributed by atoms with Crippen molar-refractivity contribution in [2.24, 2.45) is 11.8 Å². The van der Waals surface area contributed by atoms with Crippen molar-refractivity contribution >= 4 is 5.78 Å². The summed E-state index contributed by atoms with van der Waals surface area (Å²) in [5.41, 5.74) is 1.42. The summed E-state index contributed by atoms with van der Waals surface area (Å²) < 4.78 is 0. The highest BCUT2D eigenvalue weighted by atomic mass is 16.1. The Hall–Kier alpha value is -1.11. The molecule has 2 unspecified atom stereocenters. The van der Waals surface area contributed by atoms with Crippen molar-refractivity contribution in [3.63, 3.8) is 0 Å². The fraction of sp³-hybridized carbons (Fsp3) is 0.632. The van der Waals surface area contributed by atoms with Gasteiger partial charge in [0.05, 0.1) is 0 Å². The van der Waals surface area contributed by atoms with E-state index in [0.717, 1.165) is 38.0 Å². The third-order valence-corrected chi connectivity index (χ3v) is 4.68. The van der Waals surface area contributed by atoms with Crippen molar-refractivity contribution in [2.45, 2.75) is 64.7 Å². The van der Waals surface area contributed by atoms with Gasteiger partial charge in [0.15, 0.2) is 0 Å². The molecule has 1 fully saturated rings. The van der Waals surface area contributed by atoms with Crippen LogP contribution in [0.15, 0.2) is 30.3 Å². The second-order valence-corrected chi connectivity index (χ2v) is 6.32. The van der Waals surface area contributed by atoms with Crippen molar-refractivity contribution in [3.05, 3.63) is 35.9 Å². The zero-order valence-corrected chi connectivity index (χ0v) is 12.8. The number of hydrogen-bond donors (Lipinski definition) is 0. The molecule has 0 aliphatic heterocycles. The molecule has 1 heteroatoms. The Morgan fingerprint density at radius 3 is 2.65 bits per heavy atom. The van der Waals surface area contributed by atoms with Gasteiger partial charge in [-0.1, -0.05) is 56.5 Å². The summed E-state index contributed by atoms with van der Waals surface area (Å²) in [7, 11) is 0. The first-order chi connectivity index (χ1) is 9.79. The smallest absolute Gasteiger partial charge is 0.135 e. The molecule has 0 bridgehead atoms. The summed E-state index contributed by atoms with van der Waals surface area (Å²) in [4.78, 5) is 12.0. The topological polar surface area (TPSA) is 17.1 Å². The predicted octanol–water partition coefficient (Wildman–Crippen LogP) is 5.18. The van der Waals surface area contributed by atoms with E-state index in [9.17, 15) is 4.79 Å². The van der Waals surface area contributed by atoms with E-state index in [0.29, 0.717) is 11.7 Å². The monoisotopic (exact) mass is 272 g/mol. The molecule has 0 amide bonds. The first-order valence-corrected chi connectivity index (χ1v) is 8.36. The molecule has 0 spiro atoms. The highest BCUT2D eigenvalue weighted by molar-refractivity contribution is 5.81. The lowest BCUT2D eigenvalue weighted by molar-refractivity contribution is -0.125. The quantitative estimate of drug-likeness (QED) is 0.625. The fourth-order valence-electron chi connectivity index (χ4n) is 3.52. The molecule has 1 aromatic rings. The molecular weight excluding hydrogens is 244 g/mol. The normalized spacial score (nSPS) is 22.9. The van der Waals surface area contributed by atoms with Crippen LogP contribution in [0.2, 0.25) is 0 Å². The van der Waals surface area contributed by atoms with Gasteiger partial charge in [-0.05, 0) is 43.6 Å². The summed E-state index contributed by atoms with van der Waals surface area (Å²) in [5.74, 6) is 1.73. The van der Waals surface area contributed by atoms with Gasteiger partial charge in [-0.25, -0.2) is 0 Å². The Bertz CT molecular complexity index is 395. The number of aryl methyl sites for hydroxylation is 1. The summed E-state index contributed by atoms with van der Waals surface area (Å²) in [6, 6.07) is 10.7. The van der Waals surface area contributed by atoms with Gasteiger partial charge in [0.2, 0.25) is 0 Å². The summed E-state index contributed by atoms with van der Waals surface area (Å²) in [6.07, 6.45) is 10.4. The maximum Gasteiger partial charge on any atom is 0.135 e. The number of Topliss-reactive ketones (excluding diaryl/α,β-unsaturated/α-hetero) is 1. The lowest BCUT2D eigenvalue weighted by atomic mass is 9.76. The van der Waals surface area contributed by atoms with Crippen LogP contribution in [-0.4, -0.2) is 5.78 Å². The van der Waals surface area contributed by atoms with Crippen molar-refractivity contribution in [1.29, 1.82) is 0 Å². The molecule has 2 atom stereocenters. The van der Waals surface area contributed by atoms with Gasteiger partial charge in [0, 0.05) is 12.3 Å². The second-order valence-electron chi connectivity index (χ2n) is 6.32. The molecule has 110 valence electrons. The van der Waals surface area contributed by atoms with Gasteiger partial charge in [-0.15, -0.1) is 0 Å². The van der Waals surface area contributed by atoms with Crippen molar-refractivity contribution in [2.75, 3.05) is 0 Å². The Morgan fingerprint density at radius 1 is 1.10 bits per heavy atom. The lowest BCUT2D eigenvalue weighted by Crippen LogP contribution is -2.24. The minimum absolute atomic E-state index is 0.371. The Kier molecular flexibility index (Phi) is 6.29. The van der Waals surface area contributed by atoms with Crippen LogP contribution >= 0.6 is 0 Å². The fourth-order valence-corrected chi connectivity index (χ4v) is 3.52. The molecule has 0 radical (unpaired) electrons. The molecule has 0 heterocycles. The van der Waals surface area contributed by atoms with Crippen molar-refractivity contribution < 1.29 is 4.79 Å². The predicted molar refractivity (Wildman–Crippen MR) is 84.7 cm³/mol. The largest absolute Gasteiger partial charge is 0.299 e. The van der Waals surface area contributed by atoms with E-state index >= 15 is 0 Å². The first kappa shape index (κ1) is 15.3. The molecule has 1 aliphatic carbocycles. The van der Waals surface area contributed by atoms with Crippen LogP contribution < -0.4 is 0 Å². The van der Waals surface area contributed by atoms with Crippen LogP contribution in [0.25, 0.3) is 0 Å². The average Bonchev–Trinajstić information content (AvgIpc) is 2.48. The number of rotatable bonds is 7. The number of carbonyl (C=O) groups is 1. The molecule has 1 saturated carbocycles. The first-order valence-electron chi connectivity index (χ1n) is 8.36. The molecule has 20 heavy (non-hydrogen) atoms. The van der Waals surface area contributed by atoms with Crippen LogP contribution in [0, 0.1) is 11.8 Å². The average molecular weight is 272 g/mol. The number of ketones is 1. The van der Waals surface area contributed by atoms with E-state index in [4.69, 9.17) is 0 Å². The van der Waals surface area contributed by atoms with Gasteiger partial charge in [-0.2, -0.15) is 0 Å². The summed E-state index contributed by atoms with van der Waals surface area (Å²) in [5, 5.41) is 0. The summed E-state index contributed by atoms with van der Waals surface area (Å²) >= 11 is 0. The maximum absolute atomic E-state index is 12.0. The maximum atomic E-state index is 12.0. The highest BCUT2D eigenvalue weighted by Gasteiger charge is 2.27. The van der Waals surface area contributed by atoms with E-state index in [1.807, 2.05) is 0 Å². The van der Waals surface area contributed by atoms with Crippen LogP contribution in [0.5, 0.6) is 0 Å². The SMILES string of the molecule is CCCC1CCC(=O)C(CCCCc2ccccc2)C1. The van der Waals surface area contributed by atoms with Gasteiger partial charge in [0.25, 0.3) is 0 Å². The van der Waals surface area contributed by atoms with Crippen LogP contribution in [-0.2, 0) is 11.2 Å². The number of unbranched alkanes of at least 4 members (excludes halogenated alkanes) is 1. The third-order valence-electron chi connectivity index (χ3n) is 4.68. The van der Waals surface area contributed by atoms with E-state index < -0.39 is 0 Å². The molecular formula is C19H28O. The minimum atomic E-state index is 0.371. The van der Waals surface area contributed by atoms with Crippen LogP contribution in [0.3, 0.4) is 0 Å². The number of carbonyl (C=O) groups excluding carboxylic acids is 1. The van der Waals surface area contributed by atoms with Crippen LogP contribution in [0.4, 0.5) is 0 Å². The molecule has 0 aromatic heterocycles. The van der Waals surface area contributed by atoms with E-state index in [1.54, 1.807) is 0 Å². The second kappa shape index (κ2) is 8.24. The molecule has 1 nitrogen and oxygen atoms in total. The summed E-state index contributed by atoms with van der Waals surface area (Å²) in [6.45, 7) is 2.26. The minimum Gasteiger partial charge on any atom is -0.299 e. The molecule has 2 rings (SSSR count). The molecule has 0 N–H and O–H groups in total. The van der Waals surface area contributed by atoms with Gasteiger partial charge < -0.3 is 0 Å². The van der Waals surface area contributed by atoms with E-state index in [-0.39, 0.29) is 0 Å². The van der Waals surface area contributed by atoms with Gasteiger partial charge >= 0.3 is 0 Å². The van der Waals surface area contributed by atoms with E-state index in [2.05, 4.69) is 37.3 Å². The number of benzene rings is 1. The Morgan fingerprint density at radius 2 is 1.90 bits per heavy atom. The standard InChI is InChI=1S/C19H28O/c1-2-8-17-13-14-19(20)18(15-17)12-7-6-11-16-9-4-3-5-10-16/h3-5,9-10,17-18H,2,6-8,11-15H2,1H3. The zero-order chi connectivity index (χ0) is 14.2. The Balaban J connectivity index is 1.68. The zero-order valence-electron chi connectivity index (χ0n) is 12.8. The molecule has 1 aliphatic rings. The molecule has 1 aromatic carbocycles. The Labute approximate surface area is 123 Å². The molecule has 0 saturated heterocycles. The van der Waals surface area contributed by atoms with Crippen molar-refractivity contribution in [1.82, 2.24) is 0 Å². The van der Waals surface area contributed by atoms with Crippen molar-refractivity contribution in [3.8, 4) is 0 Å². The highest BCUT2D eigenvalue weighted by Crippen LogP contribution is 2.32. The number of hydrogen-bond acceptors (Lipinski definition) is 1. The van der Waals surface area contributed by atoms with Crippen LogP contribution in [0.1, 0.15) is 63.9 Å². The van der Waals surface area contributed by atoms with Gasteiger partial charge in [-0.3, -0.25) is 4.79 Å². The van der Waals surface area contributed by atoms with Gasteiger partial charge in [0.1, 0.15) is 5.78 Å². The van der Waals surface area contributed by atoms with E-state index in [1.165, 1.54) is 31.2 Å². The third kappa shape index (κ3) is 4.77. The lowest BCUT2D eigenvalue weighted by Gasteiger charge is -2.28.